The van der Waals surface area contributed by atoms with Crippen LogP contribution in [-0.2, 0) is 10.3 Å². The minimum Gasteiger partial charge on any atom is -0.497 e. The van der Waals surface area contributed by atoms with Crippen LogP contribution < -0.4 is 9.47 Å². The van der Waals surface area contributed by atoms with E-state index in [1.807, 2.05) is 60.7 Å². The number of nitrogens with zero attached hydrogens (tertiary/aromatic N) is 2. The van der Waals surface area contributed by atoms with Gasteiger partial charge in [-0.2, -0.15) is 0 Å². The van der Waals surface area contributed by atoms with Crippen molar-refractivity contribution in [3.05, 3.63) is 96.1 Å². The van der Waals surface area contributed by atoms with Gasteiger partial charge in [0.25, 0.3) is 0 Å². The largest absolute Gasteiger partial charge is 0.497 e. The second-order valence-corrected chi connectivity index (χ2v) is 8.03. The zero-order valence-corrected chi connectivity index (χ0v) is 18.2. The van der Waals surface area contributed by atoms with Gasteiger partial charge in [0.05, 0.1) is 7.11 Å². The summed E-state index contributed by atoms with van der Waals surface area (Å²) in [5, 5.41) is 0. The van der Waals surface area contributed by atoms with Gasteiger partial charge in [-0.15, -0.1) is 0 Å². The number of ether oxygens (including phenoxy) is 3. The monoisotopic (exact) mass is 444 g/mol. The summed E-state index contributed by atoms with van der Waals surface area (Å²) in [5.41, 5.74) is 0.698. The normalized spacial score (nSPS) is 18.9. The number of amides is 2. The van der Waals surface area contributed by atoms with Gasteiger partial charge in [-0.05, 0) is 24.3 Å². The molecule has 0 aliphatic carbocycles. The predicted octanol–water partition coefficient (Wildman–Crippen LogP) is 4.27. The Labute approximate surface area is 192 Å². The third-order valence-electron chi connectivity index (χ3n) is 6.26. The molecule has 2 aliphatic rings. The van der Waals surface area contributed by atoms with Gasteiger partial charge in [0, 0.05) is 30.8 Å². The molecular weight excluding hydrogens is 420 g/mol. The number of hydrogen-bond acceptors (Lipinski definition) is 5. The van der Waals surface area contributed by atoms with Crippen LogP contribution in [0.1, 0.15) is 11.1 Å². The highest BCUT2D eigenvalue weighted by atomic mass is 16.6. The van der Waals surface area contributed by atoms with Crippen molar-refractivity contribution in [1.29, 1.82) is 0 Å². The van der Waals surface area contributed by atoms with E-state index >= 15 is 0 Å². The number of methoxy groups -OCH3 is 1. The lowest BCUT2D eigenvalue weighted by Crippen LogP contribution is -2.58. The van der Waals surface area contributed by atoms with Crippen LogP contribution in [0.5, 0.6) is 11.5 Å². The van der Waals surface area contributed by atoms with E-state index in [4.69, 9.17) is 14.2 Å². The molecule has 168 valence electrons. The average molecular weight is 444 g/mol. The quantitative estimate of drug-likeness (QED) is 0.601. The van der Waals surface area contributed by atoms with Crippen LogP contribution in [0.3, 0.4) is 0 Å². The van der Waals surface area contributed by atoms with E-state index in [-0.39, 0.29) is 12.6 Å². The summed E-state index contributed by atoms with van der Waals surface area (Å²) >= 11 is 0. The number of carbonyl (C=O) groups is 2. The van der Waals surface area contributed by atoms with Crippen molar-refractivity contribution in [2.24, 2.45) is 0 Å². The highest BCUT2D eigenvalue weighted by molar-refractivity contribution is 5.76. The lowest BCUT2D eigenvalue weighted by atomic mass is 9.79. The Kier molecular flexibility index (Phi) is 5.38. The second kappa shape index (κ2) is 8.50. The molecule has 0 spiro atoms. The molecule has 0 radical (unpaired) electrons. The fourth-order valence-electron chi connectivity index (χ4n) is 4.63. The van der Waals surface area contributed by atoms with Crippen molar-refractivity contribution in [2.75, 3.05) is 26.7 Å². The molecule has 1 unspecified atom stereocenters. The highest BCUT2D eigenvalue weighted by Crippen LogP contribution is 2.45. The molecule has 33 heavy (non-hydrogen) atoms. The van der Waals surface area contributed by atoms with Crippen LogP contribution in [0.4, 0.5) is 9.59 Å². The number of rotatable bonds is 4. The molecule has 2 amide bonds. The molecule has 1 atom stereocenters. The topological polar surface area (TPSA) is 68.3 Å². The summed E-state index contributed by atoms with van der Waals surface area (Å²) in [7, 11) is 1.58. The Bertz CT molecular complexity index is 1090. The third-order valence-corrected chi connectivity index (χ3v) is 6.26. The molecule has 5 rings (SSSR count). The number of cyclic esters (lactones) is 1. The summed E-state index contributed by atoms with van der Waals surface area (Å²) < 4.78 is 16.9. The summed E-state index contributed by atoms with van der Waals surface area (Å²) in [6.07, 6.45) is -0.843. The van der Waals surface area contributed by atoms with E-state index in [9.17, 15) is 9.59 Å². The first-order chi connectivity index (χ1) is 16.1. The highest BCUT2D eigenvalue weighted by Gasteiger charge is 2.58. The van der Waals surface area contributed by atoms with E-state index in [1.54, 1.807) is 41.2 Å². The summed E-state index contributed by atoms with van der Waals surface area (Å²) in [4.78, 5) is 29.3. The van der Waals surface area contributed by atoms with Crippen LogP contribution >= 0.6 is 0 Å². The first-order valence-electron chi connectivity index (χ1n) is 10.8. The molecule has 2 heterocycles. The Morgan fingerprint density at radius 2 is 1.45 bits per heavy atom. The molecule has 0 N–H and O–H groups in total. The fourth-order valence-corrected chi connectivity index (χ4v) is 4.63. The molecule has 0 aromatic heterocycles. The van der Waals surface area contributed by atoms with Crippen molar-refractivity contribution in [2.45, 2.75) is 11.6 Å². The molecule has 2 fully saturated rings. The molecule has 7 nitrogen and oxygen atoms in total. The first-order valence-corrected chi connectivity index (χ1v) is 10.8. The lowest BCUT2D eigenvalue weighted by Gasteiger charge is -2.41. The molecular formula is C26H24N2O5. The van der Waals surface area contributed by atoms with E-state index < -0.39 is 17.7 Å². The van der Waals surface area contributed by atoms with E-state index in [2.05, 4.69) is 0 Å². The number of hydrogen-bond donors (Lipinski definition) is 0. The summed E-state index contributed by atoms with van der Waals surface area (Å²) in [6.45, 7) is 1.01. The number of carbonyl (C=O) groups excluding carboxylic acids is 2. The molecule has 3 aromatic rings. The van der Waals surface area contributed by atoms with Gasteiger partial charge >= 0.3 is 12.2 Å². The van der Waals surface area contributed by atoms with Gasteiger partial charge in [-0.25, -0.2) is 9.59 Å². The smallest absolute Gasteiger partial charge is 0.415 e. The number of piperazine rings is 1. The van der Waals surface area contributed by atoms with E-state index in [1.165, 1.54) is 0 Å². The van der Waals surface area contributed by atoms with Crippen LogP contribution in [0.25, 0.3) is 0 Å². The Morgan fingerprint density at radius 3 is 2.03 bits per heavy atom. The number of benzene rings is 3. The van der Waals surface area contributed by atoms with Crippen molar-refractivity contribution in [1.82, 2.24) is 9.80 Å². The Morgan fingerprint density at radius 1 is 0.879 bits per heavy atom. The standard InChI is InChI=1S/C26H24N2O5/c1-31-21-12-14-22(15-13-21)32-24(29)27-16-17-28-23(18-27)26(33-25(28)30,19-8-4-2-5-9-19)20-10-6-3-7-11-20/h2-15,23H,16-18H2,1H3. The van der Waals surface area contributed by atoms with Crippen molar-refractivity contribution < 1.29 is 23.8 Å². The minimum absolute atomic E-state index is 0.282. The van der Waals surface area contributed by atoms with Crippen molar-refractivity contribution in [3.8, 4) is 11.5 Å². The van der Waals surface area contributed by atoms with E-state index in [0.717, 1.165) is 11.1 Å². The predicted molar refractivity (Wildman–Crippen MR) is 121 cm³/mol. The lowest BCUT2D eigenvalue weighted by molar-refractivity contribution is 0.0456. The average Bonchev–Trinajstić information content (AvgIpc) is 3.18. The van der Waals surface area contributed by atoms with Gasteiger partial charge in [0.15, 0.2) is 5.60 Å². The van der Waals surface area contributed by atoms with Gasteiger partial charge in [0.1, 0.15) is 17.5 Å². The van der Waals surface area contributed by atoms with Crippen molar-refractivity contribution >= 4 is 12.2 Å². The SMILES string of the molecule is COc1ccc(OC(=O)N2CCN3C(=O)OC(c4ccccc4)(c4ccccc4)C3C2)cc1. The van der Waals surface area contributed by atoms with E-state index in [0.29, 0.717) is 24.6 Å². The number of fused-ring (bicyclic) bond motifs is 1. The van der Waals surface area contributed by atoms with Crippen LogP contribution in [0, 0.1) is 0 Å². The molecule has 0 bridgehead atoms. The molecule has 0 saturated carbocycles. The second-order valence-electron chi connectivity index (χ2n) is 8.03. The molecule has 3 aromatic carbocycles. The summed E-state index contributed by atoms with van der Waals surface area (Å²) in [5.74, 6) is 1.11. The first kappa shape index (κ1) is 20.9. The summed E-state index contributed by atoms with van der Waals surface area (Å²) in [6, 6.07) is 25.8. The van der Waals surface area contributed by atoms with Crippen LogP contribution in [0.15, 0.2) is 84.9 Å². The molecule has 2 saturated heterocycles. The molecule has 7 heteroatoms. The van der Waals surface area contributed by atoms with Crippen molar-refractivity contribution in [3.63, 3.8) is 0 Å². The van der Waals surface area contributed by atoms with Gasteiger partial charge < -0.3 is 19.1 Å². The third kappa shape index (κ3) is 3.65. The molecule has 2 aliphatic heterocycles. The fraction of sp³-hybridized carbons (Fsp3) is 0.231. The van der Waals surface area contributed by atoms with Gasteiger partial charge in [0.2, 0.25) is 0 Å². The van der Waals surface area contributed by atoms with Crippen LogP contribution in [0.2, 0.25) is 0 Å². The Hall–Kier alpha value is -4.00. The maximum atomic E-state index is 13.0. The Balaban J connectivity index is 1.46. The zero-order chi connectivity index (χ0) is 22.8. The maximum absolute atomic E-state index is 13.0. The zero-order valence-electron chi connectivity index (χ0n) is 18.2. The maximum Gasteiger partial charge on any atom is 0.415 e. The van der Waals surface area contributed by atoms with Gasteiger partial charge in [-0.1, -0.05) is 60.7 Å². The van der Waals surface area contributed by atoms with Gasteiger partial charge in [-0.3, -0.25) is 4.90 Å². The minimum atomic E-state index is -1.03. The van der Waals surface area contributed by atoms with Crippen LogP contribution in [-0.4, -0.2) is 54.8 Å².